The first kappa shape index (κ1) is 9.99. The molecular formula is C10H13OZr. The first-order chi connectivity index (χ1) is 5.55. The van der Waals surface area contributed by atoms with Gasteiger partial charge in [-0.05, 0) is 0 Å². The fraction of sp³-hybridized carbons (Fsp3) is 0.400. The van der Waals surface area contributed by atoms with Crippen molar-refractivity contribution >= 4 is 0 Å². The Morgan fingerprint density at radius 3 is 2.17 bits per heavy atom. The fourth-order valence-corrected chi connectivity index (χ4v) is 1.61. The van der Waals surface area contributed by atoms with Crippen LogP contribution >= 0.6 is 0 Å². The summed E-state index contributed by atoms with van der Waals surface area (Å²) < 4.78 is 5.36. The Balaban J connectivity index is 3.14. The molecule has 0 fully saturated rings. The van der Waals surface area contributed by atoms with Crippen LogP contribution < -0.4 is 2.81 Å². The summed E-state index contributed by atoms with van der Waals surface area (Å²) >= 11 is 1.09. The van der Waals surface area contributed by atoms with Gasteiger partial charge in [-0.2, -0.15) is 0 Å². The summed E-state index contributed by atoms with van der Waals surface area (Å²) in [5, 5.41) is 0. The van der Waals surface area contributed by atoms with Gasteiger partial charge in [0, 0.05) is 0 Å². The van der Waals surface area contributed by atoms with Crippen molar-refractivity contribution in [2.24, 2.45) is 0 Å². The van der Waals surface area contributed by atoms with Crippen molar-refractivity contribution in [2.45, 2.75) is 26.2 Å². The predicted molar refractivity (Wildman–Crippen MR) is 45.8 cm³/mol. The predicted octanol–water partition coefficient (Wildman–Crippen LogP) is 2.82. The molecule has 0 unspecified atom stereocenters. The van der Waals surface area contributed by atoms with Crippen molar-refractivity contribution in [1.29, 1.82) is 0 Å². The molecule has 0 N–H and O–H groups in total. The Morgan fingerprint density at radius 1 is 1.17 bits per heavy atom. The quantitative estimate of drug-likeness (QED) is 0.733. The van der Waals surface area contributed by atoms with Crippen LogP contribution in [0.15, 0.2) is 24.3 Å². The third-order valence-electron chi connectivity index (χ3n) is 1.81. The Hall–Kier alpha value is -0.0969. The van der Waals surface area contributed by atoms with Crippen LogP contribution in [0.5, 0.6) is 5.75 Å². The van der Waals surface area contributed by atoms with E-state index in [1.165, 1.54) is 5.56 Å². The van der Waals surface area contributed by atoms with Crippen LogP contribution in [0.3, 0.4) is 0 Å². The van der Waals surface area contributed by atoms with Crippen molar-refractivity contribution in [2.75, 3.05) is 0 Å². The molecule has 1 rings (SSSR count). The first-order valence-electron chi connectivity index (χ1n) is 3.99. The molecule has 2 heteroatoms. The van der Waals surface area contributed by atoms with Gasteiger partial charge in [0.1, 0.15) is 0 Å². The average Bonchev–Trinajstić information content (AvgIpc) is 2.03. The molecule has 1 aromatic carbocycles. The summed E-state index contributed by atoms with van der Waals surface area (Å²) in [5.41, 5.74) is 1.45. The summed E-state index contributed by atoms with van der Waals surface area (Å²) in [6.07, 6.45) is 0. The average molecular weight is 240 g/mol. The molecular weight excluding hydrogens is 227 g/mol. The van der Waals surface area contributed by atoms with Crippen LogP contribution in [0, 0.1) is 0 Å². The third-order valence-corrected chi connectivity index (χ3v) is 2.35. The van der Waals surface area contributed by atoms with E-state index in [-0.39, 0.29) is 5.41 Å². The van der Waals surface area contributed by atoms with Crippen LogP contribution in [-0.4, -0.2) is 0 Å². The summed E-state index contributed by atoms with van der Waals surface area (Å²) in [5.74, 6) is 1.02. The molecule has 0 saturated carbocycles. The molecule has 0 heterocycles. The second kappa shape index (κ2) is 3.74. The van der Waals surface area contributed by atoms with Gasteiger partial charge in [-0.15, -0.1) is 0 Å². The Kier molecular flexibility index (Phi) is 3.11. The van der Waals surface area contributed by atoms with Gasteiger partial charge in [0.25, 0.3) is 0 Å². The summed E-state index contributed by atoms with van der Waals surface area (Å²) in [7, 11) is 0. The van der Waals surface area contributed by atoms with Crippen molar-refractivity contribution in [3.05, 3.63) is 29.8 Å². The van der Waals surface area contributed by atoms with Crippen molar-refractivity contribution < 1.29 is 28.0 Å². The summed E-state index contributed by atoms with van der Waals surface area (Å²) in [4.78, 5) is 0. The van der Waals surface area contributed by atoms with E-state index in [9.17, 15) is 0 Å². The van der Waals surface area contributed by atoms with Crippen molar-refractivity contribution in [3.63, 3.8) is 0 Å². The van der Waals surface area contributed by atoms with Gasteiger partial charge < -0.3 is 0 Å². The normalized spacial score (nSPS) is 11.2. The van der Waals surface area contributed by atoms with Gasteiger partial charge in [-0.3, -0.25) is 0 Å². The molecule has 0 bridgehead atoms. The van der Waals surface area contributed by atoms with Crippen LogP contribution in [0.1, 0.15) is 26.3 Å². The van der Waals surface area contributed by atoms with E-state index in [4.69, 9.17) is 2.81 Å². The fourth-order valence-electron chi connectivity index (χ4n) is 1.18. The number of benzene rings is 1. The zero-order valence-corrected chi connectivity index (χ0v) is 10.2. The van der Waals surface area contributed by atoms with Crippen LogP contribution in [0.4, 0.5) is 0 Å². The minimum absolute atomic E-state index is 0.174. The zero-order valence-electron chi connectivity index (χ0n) is 7.72. The molecule has 63 valence electrons. The molecule has 0 radical (unpaired) electrons. The molecule has 0 spiro atoms. The van der Waals surface area contributed by atoms with E-state index in [0.29, 0.717) is 0 Å². The number of hydrogen-bond acceptors (Lipinski definition) is 1. The Bertz CT molecular complexity index is 263. The second-order valence-electron chi connectivity index (χ2n) is 3.85. The molecule has 1 nitrogen and oxygen atoms in total. The first-order valence-corrected chi connectivity index (χ1v) is 4.99. The molecule has 1 aromatic rings. The van der Waals surface area contributed by atoms with Crippen LogP contribution in [0.2, 0.25) is 0 Å². The number of para-hydroxylation sites is 1. The Morgan fingerprint density at radius 2 is 1.75 bits per heavy atom. The minimum atomic E-state index is 0.174. The number of rotatable bonds is 1. The number of hydrogen-bond donors (Lipinski definition) is 0. The van der Waals surface area contributed by atoms with Crippen LogP contribution in [-0.2, 0) is 30.6 Å². The summed E-state index contributed by atoms with van der Waals surface area (Å²) in [6, 6.07) is 8.21. The Labute approximate surface area is 89.6 Å². The van der Waals surface area contributed by atoms with Gasteiger partial charge in [0.2, 0.25) is 0 Å². The molecule has 0 saturated heterocycles. The molecule has 0 amide bonds. The van der Waals surface area contributed by atoms with Gasteiger partial charge in [-0.25, -0.2) is 0 Å². The monoisotopic (exact) mass is 239 g/mol. The molecule has 0 aliphatic rings. The van der Waals surface area contributed by atoms with Crippen molar-refractivity contribution in [1.82, 2.24) is 0 Å². The topological polar surface area (TPSA) is 9.23 Å². The third kappa shape index (κ3) is 2.20. The second-order valence-corrected chi connectivity index (χ2v) is 4.35. The van der Waals surface area contributed by atoms with E-state index in [2.05, 4.69) is 32.9 Å². The van der Waals surface area contributed by atoms with E-state index < -0.39 is 0 Å². The SMILES string of the molecule is CC(C)(C)c1ccccc1[O][Zr]. The van der Waals surface area contributed by atoms with E-state index in [1.54, 1.807) is 0 Å². The van der Waals surface area contributed by atoms with Crippen molar-refractivity contribution in [3.8, 4) is 5.75 Å². The molecule has 0 aliphatic heterocycles. The maximum absolute atomic E-state index is 5.36. The summed E-state index contributed by atoms with van der Waals surface area (Å²) in [6.45, 7) is 6.59. The van der Waals surface area contributed by atoms with Gasteiger partial charge in [-0.1, -0.05) is 0 Å². The van der Waals surface area contributed by atoms with Crippen LogP contribution in [0.25, 0.3) is 0 Å². The van der Waals surface area contributed by atoms with Gasteiger partial charge in [0.05, 0.1) is 0 Å². The standard InChI is InChI=1S/C10H14O.Zr/c1-10(2,3)8-6-4-5-7-9(8)11;/h4-7,11H,1-3H3;/q;+1/p-1. The van der Waals surface area contributed by atoms with E-state index in [1.807, 2.05) is 12.1 Å². The zero-order chi connectivity index (χ0) is 9.19. The van der Waals surface area contributed by atoms with E-state index in [0.717, 1.165) is 30.9 Å². The van der Waals surface area contributed by atoms with Gasteiger partial charge >= 0.3 is 89.7 Å². The molecule has 0 aromatic heterocycles. The maximum atomic E-state index is 5.36. The molecule has 0 atom stereocenters. The molecule has 0 aliphatic carbocycles. The van der Waals surface area contributed by atoms with E-state index >= 15 is 0 Å². The molecule has 12 heavy (non-hydrogen) atoms. The van der Waals surface area contributed by atoms with Gasteiger partial charge in [0.15, 0.2) is 0 Å².